The molecule has 1 rings (SSSR count). The summed E-state index contributed by atoms with van der Waals surface area (Å²) in [4.78, 5) is 22.5. The molecular formula is C13H21N3O3. The topological polar surface area (TPSA) is 84.2 Å². The van der Waals surface area contributed by atoms with Crippen LogP contribution in [0.3, 0.4) is 0 Å². The standard InChI is InChI=1S/C13H21N3O3/c1-9(2)16-8-10(7-14-16)15-11(17)5-13(3,4)6-12(18)19/h7-9H,5-6H2,1-4H3,(H,15,17)(H,18,19). The van der Waals surface area contributed by atoms with E-state index in [-0.39, 0.29) is 24.8 Å². The molecule has 1 aromatic heterocycles. The molecule has 0 fully saturated rings. The fourth-order valence-corrected chi connectivity index (χ4v) is 1.80. The van der Waals surface area contributed by atoms with Crippen LogP contribution in [0.4, 0.5) is 5.69 Å². The molecular weight excluding hydrogens is 246 g/mol. The number of rotatable bonds is 6. The Morgan fingerprint density at radius 2 is 2.05 bits per heavy atom. The first-order chi connectivity index (χ1) is 8.69. The first kappa shape index (κ1) is 15.2. The minimum atomic E-state index is -0.898. The average molecular weight is 267 g/mol. The highest BCUT2D eigenvalue weighted by molar-refractivity contribution is 5.91. The van der Waals surface area contributed by atoms with Crippen LogP contribution in [-0.4, -0.2) is 26.8 Å². The molecule has 0 aliphatic heterocycles. The summed E-state index contributed by atoms with van der Waals surface area (Å²) in [7, 11) is 0. The summed E-state index contributed by atoms with van der Waals surface area (Å²) in [5.74, 6) is -1.10. The molecule has 106 valence electrons. The van der Waals surface area contributed by atoms with E-state index in [0.29, 0.717) is 5.69 Å². The Bertz CT molecular complexity index is 463. The van der Waals surface area contributed by atoms with Crippen LogP contribution in [0.5, 0.6) is 0 Å². The smallest absolute Gasteiger partial charge is 0.303 e. The highest BCUT2D eigenvalue weighted by Crippen LogP contribution is 2.25. The van der Waals surface area contributed by atoms with E-state index < -0.39 is 11.4 Å². The van der Waals surface area contributed by atoms with E-state index in [1.165, 1.54) is 0 Å². The lowest BCUT2D eigenvalue weighted by atomic mass is 9.85. The van der Waals surface area contributed by atoms with Gasteiger partial charge < -0.3 is 10.4 Å². The van der Waals surface area contributed by atoms with Crippen molar-refractivity contribution in [3.05, 3.63) is 12.4 Å². The molecule has 0 radical (unpaired) electrons. The van der Waals surface area contributed by atoms with E-state index in [4.69, 9.17) is 5.11 Å². The van der Waals surface area contributed by atoms with Crippen LogP contribution in [-0.2, 0) is 9.59 Å². The first-order valence-corrected chi connectivity index (χ1v) is 6.25. The second kappa shape index (κ2) is 5.86. The van der Waals surface area contributed by atoms with Gasteiger partial charge in [0, 0.05) is 18.7 Å². The van der Waals surface area contributed by atoms with Crippen molar-refractivity contribution in [3.63, 3.8) is 0 Å². The number of carbonyl (C=O) groups excluding carboxylic acids is 1. The van der Waals surface area contributed by atoms with Crippen molar-refractivity contribution in [2.45, 2.75) is 46.6 Å². The van der Waals surface area contributed by atoms with E-state index in [9.17, 15) is 9.59 Å². The number of hydrogen-bond donors (Lipinski definition) is 2. The molecule has 0 atom stereocenters. The summed E-state index contributed by atoms with van der Waals surface area (Å²) in [6.07, 6.45) is 3.46. The van der Waals surface area contributed by atoms with Gasteiger partial charge in [-0.25, -0.2) is 0 Å². The second-order valence-corrected chi connectivity index (χ2v) is 5.76. The van der Waals surface area contributed by atoms with Crippen LogP contribution in [0, 0.1) is 5.41 Å². The van der Waals surface area contributed by atoms with Crippen LogP contribution in [0.25, 0.3) is 0 Å². The quantitative estimate of drug-likeness (QED) is 0.828. The van der Waals surface area contributed by atoms with Crippen molar-refractivity contribution in [1.82, 2.24) is 9.78 Å². The third kappa shape index (κ3) is 5.11. The monoisotopic (exact) mass is 267 g/mol. The molecule has 0 aliphatic rings. The molecule has 1 amide bonds. The maximum Gasteiger partial charge on any atom is 0.303 e. The minimum absolute atomic E-state index is 0.0360. The molecule has 1 aromatic rings. The Labute approximate surface area is 112 Å². The zero-order valence-electron chi connectivity index (χ0n) is 11.8. The summed E-state index contributed by atoms with van der Waals surface area (Å²) in [5, 5.41) is 15.6. The van der Waals surface area contributed by atoms with Crippen molar-refractivity contribution in [2.75, 3.05) is 5.32 Å². The number of aliphatic carboxylic acids is 1. The summed E-state index contributed by atoms with van der Waals surface area (Å²) in [6.45, 7) is 7.51. The Kier molecular flexibility index (Phi) is 4.69. The van der Waals surface area contributed by atoms with Gasteiger partial charge in [-0.1, -0.05) is 13.8 Å². The van der Waals surface area contributed by atoms with Gasteiger partial charge in [-0.3, -0.25) is 14.3 Å². The Hall–Kier alpha value is -1.85. The summed E-state index contributed by atoms with van der Waals surface area (Å²) >= 11 is 0. The molecule has 0 saturated carbocycles. The van der Waals surface area contributed by atoms with Crippen LogP contribution in [0.1, 0.15) is 46.6 Å². The molecule has 6 nitrogen and oxygen atoms in total. The molecule has 0 aliphatic carbocycles. The van der Waals surface area contributed by atoms with Gasteiger partial charge in [0.15, 0.2) is 0 Å². The third-order valence-electron chi connectivity index (χ3n) is 2.68. The van der Waals surface area contributed by atoms with Gasteiger partial charge in [0.05, 0.1) is 18.3 Å². The van der Waals surface area contributed by atoms with Crippen LogP contribution >= 0.6 is 0 Å². The summed E-state index contributed by atoms with van der Waals surface area (Å²) < 4.78 is 1.75. The number of nitrogens with one attached hydrogen (secondary N) is 1. The SMILES string of the molecule is CC(C)n1cc(NC(=O)CC(C)(C)CC(=O)O)cn1. The fourth-order valence-electron chi connectivity index (χ4n) is 1.80. The van der Waals surface area contributed by atoms with E-state index >= 15 is 0 Å². The van der Waals surface area contributed by atoms with Gasteiger partial charge in [0.1, 0.15) is 0 Å². The van der Waals surface area contributed by atoms with E-state index in [2.05, 4.69) is 10.4 Å². The zero-order chi connectivity index (χ0) is 14.6. The van der Waals surface area contributed by atoms with E-state index in [1.54, 1.807) is 30.9 Å². The number of carbonyl (C=O) groups is 2. The molecule has 2 N–H and O–H groups in total. The van der Waals surface area contributed by atoms with Gasteiger partial charge in [0.2, 0.25) is 5.91 Å². The van der Waals surface area contributed by atoms with Crippen molar-refractivity contribution >= 4 is 17.6 Å². The lowest BCUT2D eigenvalue weighted by Gasteiger charge is -2.21. The summed E-state index contributed by atoms with van der Waals surface area (Å²) in [5.41, 5.74) is 0.0640. The highest BCUT2D eigenvalue weighted by atomic mass is 16.4. The molecule has 19 heavy (non-hydrogen) atoms. The number of aromatic nitrogens is 2. The molecule has 0 bridgehead atoms. The Balaban J connectivity index is 2.57. The van der Waals surface area contributed by atoms with Gasteiger partial charge in [-0.2, -0.15) is 5.10 Å². The zero-order valence-corrected chi connectivity index (χ0v) is 11.8. The third-order valence-corrected chi connectivity index (χ3v) is 2.68. The molecule has 0 aromatic carbocycles. The number of carboxylic acid groups (broad SMARTS) is 1. The lowest BCUT2D eigenvalue weighted by molar-refractivity contribution is -0.139. The minimum Gasteiger partial charge on any atom is -0.481 e. The normalized spacial score (nSPS) is 11.6. The largest absolute Gasteiger partial charge is 0.481 e. The fraction of sp³-hybridized carbons (Fsp3) is 0.615. The molecule has 0 saturated heterocycles. The van der Waals surface area contributed by atoms with Crippen molar-refractivity contribution in [1.29, 1.82) is 0 Å². The predicted octanol–water partition coefficient (Wildman–Crippen LogP) is 2.29. The maximum atomic E-state index is 11.8. The molecule has 0 spiro atoms. The first-order valence-electron chi connectivity index (χ1n) is 6.25. The molecule has 0 unspecified atom stereocenters. The van der Waals surface area contributed by atoms with E-state index in [0.717, 1.165) is 0 Å². The number of amides is 1. The Morgan fingerprint density at radius 1 is 1.42 bits per heavy atom. The lowest BCUT2D eigenvalue weighted by Crippen LogP contribution is -2.24. The highest BCUT2D eigenvalue weighted by Gasteiger charge is 2.25. The summed E-state index contributed by atoms with van der Waals surface area (Å²) in [6, 6.07) is 0.231. The maximum absolute atomic E-state index is 11.8. The Morgan fingerprint density at radius 3 is 2.53 bits per heavy atom. The molecule has 6 heteroatoms. The van der Waals surface area contributed by atoms with Gasteiger partial charge in [-0.15, -0.1) is 0 Å². The van der Waals surface area contributed by atoms with Crippen LogP contribution in [0.15, 0.2) is 12.4 Å². The van der Waals surface area contributed by atoms with Crippen molar-refractivity contribution in [3.8, 4) is 0 Å². The van der Waals surface area contributed by atoms with Gasteiger partial charge in [0.25, 0.3) is 0 Å². The van der Waals surface area contributed by atoms with Crippen LogP contribution < -0.4 is 5.32 Å². The van der Waals surface area contributed by atoms with Crippen molar-refractivity contribution in [2.24, 2.45) is 5.41 Å². The number of nitrogens with zero attached hydrogens (tertiary/aromatic N) is 2. The predicted molar refractivity (Wildman–Crippen MR) is 71.9 cm³/mol. The molecule has 1 heterocycles. The van der Waals surface area contributed by atoms with Crippen LogP contribution in [0.2, 0.25) is 0 Å². The average Bonchev–Trinajstić information content (AvgIpc) is 2.62. The second-order valence-electron chi connectivity index (χ2n) is 5.76. The van der Waals surface area contributed by atoms with Gasteiger partial charge in [-0.05, 0) is 19.3 Å². The van der Waals surface area contributed by atoms with Crippen molar-refractivity contribution < 1.29 is 14.7 Å². The number of hydrogen-bond acceptors (Lipinski definition) is 3. The number of carboxylic acids is 1. The van der Waals surface area contributed by atoms with E-state index in [1.807, 2.05) is 13.8 Å². The van der Waals surface area contributed by atoms with Gasteiger partial charge >= 0.3 is 5.97 Å². The number of anilines is 1.